The van der Waals surface area contributed by atoms with E-state index in [-0.39, 0.29) is 6.04 Å². The van der Waals surface area contributed by atoms with Crippen molar-refractivity contribution in [1.29, 1.82) is 0 Å². The zero-order chi connectivity index (χ0) is 20.4. The molecule has 0 aliphatic carbocycles. The molecule has 0 fully saturated rings. The molecule has 1 aromatic heterocycles. The van der Waals surface area contributed by atoms with E-state index < -0.39 is 5.91 Å². The number of aryl methyl sites for hydroxylation is 1. The summed E-state index contributed by atoms with van der Waals surface area (Å²) in [6.45, 7) is 4.77. The lowest BCUT2D eigenvalue weighted by Gasteiger charge is -2.23. The number of rotatable bonds is 6. The van der Waals surface area contributed by atoms with E-state index in [0.717, 1.165) is 29.2 Å². The predicted molar refractivity (Wildman–Crippen MR) is 113 cm³/mol. The first-order valence-corrected chi connectivity index (χ1v) is 9.80. The molecule has 0 bridgehead atoms. The molecule has 3 aromatic rings. The average Bonchev–Trinajstić information content (AvgIpc) is 3.08. The molecule has 0 spiro atoms. The van der Waals surface area contributed by atoms with Crippen LogP contribution in [0.15, 0.2) is 48.5 Å². The van der Waals surface area contributed by atoms with Crippen LogP contribution in [0.2, 0.25) is 0 Å². The van der Waals surface area contributed by atoms with Crippen molar-refractivity contribution >= 4 is 23.4 Å². The van der Waals surface area contributed by atoms with E-state index in [1.54, 1.807) is 6.07 Å². The molecule has 4 rings (SSSR count). The molecule has 0 radical (unpaired) electrons. The van der Waals surface area contributed by atoms with Crippen LogP contribution in [0.3, 0.4) is 0 Å². The maximum absolute atomic E-state index is 11.8. The first-order chi connectivity index (χ1) is 14.1. The van der Waals surface area contributed by atoms with Crippen molar-refractivity contribution in [2.45, 2.75) is 39.3 Å². The first kappa shape index (κ1) is 18.9. The van der Waals surface area contributed by atoms with E-state index in [0.29, 0.717) is 24.5 Å². The van der Waals surface area contributed by atoms with Crippen LogP contribution >= 0.6 is 0 Å². The molecule has 1 amide bonds. The highest BCUT2D eigenvalue weighted by molar-refractivity contribution is 5.97. The van der Waals surface area contributed by atoms with Crippen molar-refractivity contribution in [3.63, 3.8) is 0 Å². The number of amides is 1. The molecule has 148 valence electrons. The van der Waals surface area contributed by atoms with Gasteiger partial charge in [-0.3, -0.25) is 4.79 Å². The lowest BCUT2D eigenvalue weighted by molar-refractivity contribution is 0.0999. The van der Waals surface area contributed by atoms with Gasteiger partial charge in [0.05, 0.1) is 0 Å². The van der Waals surface area contributed by atoms with E-state index in [2.05, 4.69) is 34.6 Å². The molecule has 2 aromatic carbocycles. The van der Waals surface area contributed by atoms with Gasteiger partial charge >= 0.3 is 0 Å². The SMILES string of the molecule is CCc1nnc(N2c3cccc(C(N)=O)c3CC2C)nc1NCc1ccccc1. The highest BCUT2D eigenvalue weighted by Crippen LogP contribution is 2.38. The Balaban J connectivity index is 1.68. The van der Waals surface area contributed by atoms with Crippen LogP contribution in [-0.4, -0.2) is 27.1 Å². The molecule has 29 heavy (non-hydrogen) atoms. The van der Waals surface area contributed by atoms with Crippen molar-refractivity contribution in [2.75, 3.05) is 10.2 Å². The summed E-state index contributed by atoms with van der Waals surface area (Å²) in [6.07, 6.45) is 1.44. The number of anilines is 3. The van der Waals surface area contributed by atoms with Gasteiger partial charge in [-0.2, -0.15) is 4.98 Å². The van der Waals surface area contributed by atoms with Crippen LogP contribution in [0.5, 0.6) is 0 Å². The molecule has 0 saturated heterocycles. The summed E-state index contributed by atoms with van der Waals surface area (Å²) in [5.41, 5.74) is 9.95. The van der Waals surface area contributed by atoms with Crippen LogP contribution in [0.25, 0.3) is 0 Å². The molecular formula is C22H24N6O. The third kappa shape index (κ3) is 3.63. The monoisotopic (exact) mass is 388 g/mol. The second-order valence-electron chi connectivity index (χ2n) is 7.19. The van der Waals surface area contributed by atoms with E-state index >= 15 is 0 Å². The molecule has 3 N–H and O–H groups in total. The molecule has 1 unspecified atom stereocenters. The summed E-state index contributed by atoms with van der Waals surface area (Å²) in [6, 6.07) is 15.8. The van der Waals surface area contributed by atoms with Crippen LogP contribution < -0.4 is 16.0 Å². The fraction of sp³-hybridized carbons (Fsp3) is 0.273. The quantitative estimate of drug-likeness (QED) is 0.673. The third-order valence-corrected chi connectivity index (χ3v) is 5.22. The zero-order valence-electron chi connectivity index (χ0n) is 16.6. The fourth-order valence-electron chi connectivity index (χ4n) is 3.78. The minimum atomic E-state index is -0.415. The summed E-state index contributed by atoms with van der Waals surface area (Å²) in [7, 11) is 0. The Hall–Kier alpha value is -3.48. The summed E-state index contributed by atoms with van der Waals surface area (Å²) in [5.74, 6) is 0.834. The summed E-state index contributed by atoms with van der Waals surface area (Å²) in [5, 5.41) is 12.2. The number of nitrogens with one attached hydrogen (secondary N) is 1. The number of benzene rings is 2. The van der Waals surface area contributed by atoms with E-state index in [1.165, 1.54) is 5.56 Å². The highest BCUT2D eigenvalue weighted by Gasteiger charge is 2.32. The van der Waals surface area contributed by atoms with Crippen molar-refractivity contribution < 1.29 is 4.79 Å². The van der Waals surface area contributed by atoms with Crippen molar-refractivity contribution in [2.24, 2.45) is 5.73 Å². The fourth-order valence-corrected chi connectivity index (χ4v) is 3.78. The molecule has 7 heteroatoms. The molecule has 0 saturated carbocycles. The van der Waals surface area contributed by atoms with Gasteiger partial charge in [-0.15, -0.1) is 10.2 Å². The zero-order valence-corrected chi connectivity index (χ0v) is 16.6. The number of hydrogen-bond acceptors (Lipinski definition) is 6. The first-order valence-electron chi connectivity index (χ1n) is 9.80. The molecule has 7 nitrogen and oxygen atoms in total. The van der Waals surface area contributed by atoms with Crippen molar-refractivity contribution in [1.82, 2.24) is 15.2 Å². The largest absolute Gasteiger partial charge is 0.366 e. The number of carbonyl (C=O) groups excluding carboxylic acids is 1. The molecule has 1 atom stereocenters. The smallest absolute Gasteiger partial charge is 0.252 e. The molecule has 1 aliphatic rings. The summed E-state index contributed by atoms with van der Waals surface area (Å²) < 4.78 is 0. The minimum absolute atomic E-state index is 0.0988. The normalized spacial score (nSPS) is 15.2. The van der Waals surface area contributed by atoms with Gasteiger partial charge < -0.3 is 16.0 Å². The Morgan fingerprint density at radius 2 is 1.97 bits per heavy atom. The number of primary amides is 1. The van der Waals surface area contributed by atoms with Crippen LogP contribution in [0, 0.1) is 0 Å². The molecule has 1 aliphatic heterocycles. The van der Waals surface area contributed by atoms with Crippen LogP contribution in [-0.2, 0) is 19.4 Å². The standard InChI is InChI=1S/C22H24N6O/c1-3-18-21(24-13-15-8-5-4-6-9-15)25-22(27-26-18)28-14(2)12-17-16(20(23)29)10-7-11-19(17)28/h4-11,14H,3,12-13H2,1-2H3,(H2,23,29)(H,24,25,27). The second kappa shape index (κ2) is 7.87. The van der Waals surface area contributed by atoms with Gasteiger partial charge in [0.1, 0.15) is 5.69 Å². The van der Waals surface area contributed by atoms with Crippen molar-refractivity contribution in [3.05, 3.63) is 70.9 Å². The van der Waals surface area contributed by atoms with E-state index in [9.17, 15) is 4.79 Å². The van der Waals surface area contributed by atoms with Gasteiger partial charge in [0.2, 0.25) is 5.91 Å². The Labute approximate surface area is 170 Å². The lowest BCUT2D eigenvalue weighted by atomic mass is 10.0. The maximum Gasteiger partial charge on any atom is 0.252 e. The topological polar surface area (TPSA) is 97.0 Å². The van der Waals surface area contributed by atoms with Gasteiger partial charge in [0.25, 0.3) is 5.95 Å². The highest BCUT2D eigenvalue weighted by atomic mass is 16.1. The Kier molecular flexibility index (Phi) is 5.12. The number of carbonyl (C=O) groups is 1. The maximum atomic E-state index is 11.8. The molecular weight excluding hydrogens is 364 g/mol. The van der Waals surface area contributed by atoms with Gasteiger partial charge in [0.15, 0.2) is 5.82 Å². The number of nitrogens with two attached hydrogens (primary N) is 1. The summed E-state index contributed by atoms with van der Waals surface area (Å²) >= 11 is 0. The van der Waals surface area contributed by atoms with E-state index in [4.69, 9.17) is 10.7 Å². The summed E-state index contributed by atoms with van der Waals surface area (Å²) in [4.78, 5) is 18.6. The van der Waals surface area contributed by atoms with Crippen molar-refractivity contribution in [3.8, 4) is 0 Å². The number of aromatic nitrogens is 3. The number of fused-ring (bicyclic) bond motifs is 1. The Bertz CT molecular complexity index is 1040. The average molecular weight is 388 g/mol. The number of nitrogens with zero attached hydrogens (tertiary/aromatic N) is 4. The lowest BCUT2D eigenvalue weighted by Crippen LogP contribution is -2.27. The van der Waals surface area contributed by atoms with Crippen LogP contribution in [0.4, 0.5) is 17.5 Å². The Morgan fingerprint density at radius 1 is 1.17 bits per heavy atom. The Morgan fingerprint density at radius 3 is 2.69 bits per heavy atom. The molecule has 2 heterocycles. The minimum Gasteiger partial charge on any atom is -0.366 e. The second-order valence-corrected chi connectivity index (χ2v) is 7.19. The predicted octanol–water partition coefficient (Wildman–Crippen LogP) is 3.23. The van der Waals surface area contributed by atoms with E-state index in [1.807, 2.05) is 42.2 Å². The van der Waals surface area contributed by atoms with Gasteiger partial charge in [0, 0.05) is 23.8 Å². The third-order valence-electron chi connectivity index (χ3n) is 5.22. The van der Waals surface area contributed by atoms with Gasteiger partial charge in [-0.05, 0) is 43.0 Å². The van der Waals surface area contributed by atoms with Crippen LogP contribution in [0.1, 0.15) is 41.0 Å². The number of hydrogen-bond donors (Lipinski definition) is 2. The van der Waals surface area contributed by atoms with Gasteiger partial charge in [-0.25, -0.2) is 0 Å². The van der Waals surface area contributed by atoms with Gasteiger partial charge in [-0.1, -0.05) is 43.3 Å².